The average molecular weight is 686 g/mol. The normalized spacial score (nSPS) is 11.7. The molecule has 0 radical (unpaired) electrons. The maximum Gasteiger partial charge on any atom is 0.243 e. The Kier molecular flexibility index (Phi) is 10.9. The molecule has 31 heavy (non-hydrogen) atoms. The number of anilines is 2. The van der Waals surface area contributed by atoms with Gasteiger partial charge in [-0.1, -0.05) is 12.8 Å². The zero-order chi connectivity index (χ0) is 21.9. The van der Waals surface area contributed by atoms with Crippen LogP contribution in [0.5, 0.6) is 5.75 Å². The van der Waals surface area contributed by atoms with E-state index in [0.717, 1.165) is 48.3 Å². The highest BCUT2D eigenvalue weighted by Gasteiger charge is 2.07. The highest BCUT2D eigenvalue weighted by molar-refractivity contribution is 14.2. The van der Waals surface area contributed by atoms with E-state index < -0.39 is 0 Å². The molecule has 166 valence electrons. The first-order chi connectivity index (χ1) is 15.2. The molecule has 0 aliphatic heterocycles. The predicted octanol–water partition coefficient (Wildman–Crippen LogP) is 5.68. The van der Waals surface area contributed by atoms with Crippen LogP contribution in [-0.4, -0.2) is 31.8 Å². The Balaban J connectivity index is 1.36. The number of hydrogen-bond donors (Lipinski definition) is 2. The second-order valence-electron chi connectivity index (χ2n) is 6.47. The molecule has 13 heteroatoms. The number of halogens is 2. The van der Waals surface area contributed by atoms with Gasteiger partial charge in [-0.05, 0) is 81.2 Å². The maximum absolute atomic E-state index is 11.4. The smallest absolute Gasteiger partial charge is 0.243 e. The van der Waals surface area contributed by atoms with E-state index in [-0.39, 0.29) is 12.4 Å². The Bertz CT molecular complexity index is 977. The van der Waals surface area contributed by atoms with E-state index in [4.69, 9.17) is 9.36 Å². The molecule has 0 aliphatic carbocycles. The molecule has 2 aromatic heterocycles. The molecule has 0 bridgehead atoms. The maximum atomic E-state index is 11.4. The van der Waals surface area contributed by atoms with Crippen molar-refractivity contribution in [3.63, 3.8) is 0 Å². The molecule has 1 amide bonds. The van der Waals surface area contributed by atoms with Crippen molar-refractivity contribution in [1.29, 1.82) is 0 Å². The zero-order valence-corrected chi connectivity index (χ0v) is 22.8. The number of carbonyl (C=O) groups is 1. The van der Waals surface area contributed by atoms with Gasteiger partial charge < -0.3 is 10.1 Å². The first-order valence-electron chi connectivity index (χ1n) is 9.56. The molecule has 3 rings (SSSR count). The number of aromatic nitrogens is 4. The van der Waals surface area contributed by atoms with E-state index in [0.29, 0.717) is 25.3 Å². The first-order valence-corrected chi connectivity index (χ1v) is 17.6. The lowest BCUT2D eigenvalue weighted by Crippen LogP contribution is -2.19. The van der Waals surface area contributed by atoms with Gasteiger partial charge in [0.25, 0.3) is 0 Å². The van der Waals surface area contributed by atoms with Crippen molar-refractivity contribution in [2.75, 3.05) is 11.9 Å². The van der Waals surface area contributed by atoms with E-state index in [2.05, 4.69) is 69.8 Å². The lowest BCUT2D eigenvalue weighted by Gasteiger charge is -2.08. The van der Waals surface area contributed by atoms with Gasteiger partial charge in [0.1, 0.15) is 24.0 Å². The van der Waals surface area contributed by atoms with Crippen LogP contribution in [0.15, 0.2) is 36.8 Å². The van der Waals surface area contributed by atoms with Crippen molar-refractivity contribution < 1.29 is 14.2 Å². The topological polar surface area (TPSA) is 103 Å². The van der Waals surface area contributed by atoms with Crippen LogP contribution in [-0.2, 0) is 9.42 Å². The van der Waals surface area contributed by atoms with Gasteiger partial charge in [-0.25, -0.2) is 20.1 Å². The fourth-order valence-corrected chi connectivity index (χ4v) is 4.64. The van der Waals surface area contributed by atoms with Crippen molar-refractivity contribution in [2.24, 2.45) is 0 Å². The summed E-state index contributed by atoms with van der Waals surface area (Å²) >= 11 is 4.36. The quantitative estimate of drug-likeness (QED) is 0.103. The summed E-state index contributed by atoms with van der Waals surface area (Å²) in [6.45, 7) is 0.890. The van der Waals surface area contributed by atoms with Gasteiger partial charge in [0.2, 0.25) is 11.9 Å². The van der Waals surface area contributed by atoms with Gasteiger partial charge in [0.15, 0.2) is 5.65 Å². The number of carbonyl (C=O) groups excluding carboxylic acids is 1. The number of nitrogens with one attached hydrogen (secondary N) is 2. The van der Waals surface area contributed by atoms with Crippen LogP contribution in [0.25, 0.3) is 11.2 Å². The van der Waals surface area contributed by atoms with E-state index in [1.165, 1.54) is 0 Å². The minimum atomic E-state index is -0.0598. The molecule has 0 spiro atoms. The van der Waals surface area contributed by atoms with Gasteiger partial charge in [-0.2, -0.15) is 4.98 Å². The molecule has 1 aromatic carbocycles. The zero-order valence-electron chi connectivity index (χ0n) is 16.5. The molecule has 2 N–H and O–H groups in total. The molecule has 9 nitrogen and oxygen atoms in total. The van der Waals surface area contributed by atoms with Crippen LogP contribution in [0.1, 0.15) is 32.1 Å². The van der Waals surface area contributed by atoms with Crippen LogP contribution >= 0.6 is 56.9 Å². The van der Waals surface area contributed by atoms with Gasteiger partial charge >= 0.3 is 0 Å². The molecular formula is C18H22I2N6O3P2. The van der Waals surface area contributed by atoms with E-state index in [9.17, 15) is 4.79 Å². The third-order valence-corrected chi connectivity index (χ3v) is 7.17. The second-order valence-corrected chi connectivity index (χ2v) is 10.2. The number of hydroxylamine groups is 1. The molecule has 2 unspecified atom stereocenters. The number of benzene rings is 1. The number of ether oxygens (including phenoxy) is 1. The fourth-order valence-electron chi connectivity index (χ4n) is 2.75. The van der Waals surface area contributed by atoms with Gasteiger partial charge in [0, 0.05) is 12.1 Å². The summed E-state index contributed by atoms with van der Waals surface area (Å²) in [5.41, 5.74) is 4.90. The third kappa shape index (κ3) is 8.20. The summed E-state index contributed by atoms with van der Waals surface area (Å²) in [6.07, 6.45) is 8.35. The predicted molar refractivity (Wildman–Crippen MR) is 143 cm³/mol. The molecule has 0 aliphatic rings. The van der Waals surface area contributed by atoms with Crippen molar-refractivity contribution in [3.05, 3.63) is 36.8 Å². The highest BCUT2D eigenvalue weighted by atomic mass is 127. The summed E-state index contributed by atoms with van der Waals surface area (Å²) in [5, 5.41) is 3.22. The second kappa shape index (κ2) is 13.6. The van der Waals surface area contributed by atoms with Crippen LogP contribution in [0.2, 0.25) is 0 Å². The van der Waals surface area contributed by atoms with Crippen molar-refractivity contribution >= 4 is 85.6 Å². The number of nitrogens with zero attached hydrogens (tertiary/aromatic N) is 4. The van der Waals surface area contributed by atoms with Gasteiger partial charge in [0.05, 0.1) is 19.2 Å². The summed E-state index contributed by atoms with van der Waals surface area (Å²) < 4.78 is 12.7. The number of amides is 1. The van der Waals surface area contributed by atoms with Crippen LogP contribution in [0.3, 0.4) is 0 Å². The summed E-state index contributed by atoms with van der Waals surface area (Å²) in [6, 6.07) is 7.74. The minimum Gasteiger partial charge on any atom is -0.494 e. The van der Waals surface area contributed by atoms with E-state index in [1.807, 2.05) is 28.6 Å². The number of imidazole rings is 1. The van der Waals surface area contributed by atoms with Crippen LogP contribution < -0.4 is 15.5 Å². The summed E-state index contributed by atoms with van der Waals surface area (Å²) in [7, 11) is 0. The average Bonchev–Trinajstić information content (AvgIpc) is 3.20. The van der Waals surface area contributed by atoms with Crippen LogP contribution in [0, 0.1) is 0 Å². The lowest BCUT2D eigenvalue weighted by atomic mass is 10.1. The first kappa shape index (κ1) is 24.8. The Morgan fingerprint density at radius 2 is 1.90 bits per heavy atom. The molecule has 0 saturated carbocycles. The van der Waals surface area contributed by atoms with Crippen molar-refractivity contribution in [2.45, 2.75) is 32.1 Å². The SMILES string of the molecule is O=C(CCCCCCOc1ccc(Nc2ncc3ncn(PI)c3n2)cc1)NOPI. The van der Waals surface area contributed by atoms with E-state index >= 15 is 0 Å². The highest BCUT2D eigenvalue weighted by Crippen LogP contribution is 2.28. The number of fused-ring (bicyclic) bond motifs is 1. The monoisotopic (exact) mass is 686 g/mol. The number of rotatable bonds is 13. The Hall–Kier alpha value is -0.880. The minimum absolute atomic E-state index is 0.0598. The lowest BCUT2D eigenvalue weighted by molar-refractivity contribution is -0.127. The number of hydrogen-bond acceptors (Lipinski definition) is 7. The molecule has 0 fully saturated rings. The largest absolute Gasteiger partial charge is 0.494 e. The van der Waals surface area contributed by atoms with Gasteiger partial charge in [-0.15, -0.1) is 0 Å². The van der Waals surface area contributed by atoms with E-state index in [1.54, 1.807) is 12.5 Å². The van der Waals surface area contributed by atoms with Gasteiger partial charge in [-0.3, -0.25) is 9.13 Å². The molecule has 2 atom stereocenters. The standard InChI is InChI=1S/C18H22I2N6O3P2/c19-30-26-12-22-15-11-21-18(24-17(15)26)23-13-6-8-14(9-7-13)28-10-4-2-1-3-5-16(27)25-29-31-20/h6-9,11-12,30-31H,1-5,10H2,(H,25,27)(H,21,23,24). The molecule has 3 aromatic rings. The molecule has 2 heterocycles. The Morgan fingerprint density at radius 3 is 2.68 bits per heavy atom. The van der Waals surface area contributed by atoms with Crippen molar-refractivity contribution in [1.82, 2.24) is 24.8 Å². The van der Waals surface area contributed by atoms with Crippen LogP contribution in [0.4, 0.5) is 11.6 Å². The third-order valence-electron chi connectivity index (χ3n) is 4.26. The molecule has 0 saturated heterocycles. The summed E-state index contributed by atoms with van der Waals surface area (Å²) in [4.78, 5) is 24.6. The Morgan fingerprint density at radius 1 is 1.10 bits per heavy atom. The molecular weight excluding hydrogens is 664 g/mol. The summed E-state index contributed by atoms with van der Waals surface area (Å²) in [5.74, 6) is 1.30. The fraction of sp³-hybridized carbons (Fsp3) is 0.333. The number of unbranched alkanes of at least 4 members (excludes halogenated alkanes) is 3. The van der Waals surface area contributed by atoms with Crippen molar-refractivity contribution in [3.8, 4) is 5.75 Å². The Labute approximate surface area is 209 Å².